The van der Waals surface area contributed by atoms with Gasteiger partial charge in [0.2, 0.25) is 0 Å². The molecular weight excluding hydrogens is 379 g/mol. The van der Waals surface area contributed by atoms with Gasteiger partial charge in [-0.2, -0.15) is 5.26 Å². The molecule has 23 heavy (non-hydrogen) atoms. The Morgan fingerprint density at radius 2 is 2.04 bits per heavy atom. The summed E-state index contributed by atoms with van der Waals surface area (Å²) in [5, 5.41) is 10.9. The lowest BCUT2D eigenvalue weighted by Crippen LogP contribution is -2.20. The number of carbonyl (C=O) groups is 1. The molecular formula is C14H7BrF3N3O2. The molecule has 118 valence electrons. The summed E-state index contributed by atoms with van der Waals surface area (Å²) >= 11 is 3.03. The molecule has 0 bridgehead atoms. The van der Waals surface area contributed by atoms with Crippen LogP contribution in [0.3, 0.4) is 0 Å². The predicted molar refractivity (Wildman–Crippen MR) is 77.7 cm³/mol. The summed E-state index contributed by atoms with van der Waals surface area (Å²) in [5.74, 6) is -1.29. The van der Waals surface area contributed by atoms with Crippen molar-refractivity contribution in [2.24, 2.45) is 0 Å². The number of hydrogen-bond acceptors (Lipinski definition) is 4. The number of halogens is 4. The van der Waals surface area contributed by atoms with Gasteiger partial charge in [0, 0.05) is 10.7 Å². The van der Waals surface area contributed by atoms with Gasteiger partial charge in [0.15, 0.2) is 5.75 Å². The van der Waals surface area contributed by atoms with Crippen LogP contribution in [0.5, 0.6) is 5.75 Å². The highest BCUT2D eigenvalue weighted by Crippen LogP contribution is 2.33. The average Bonchev–Trinajstić information content (AvgIpc) is 2.48. The molecule has 1 amide bonds. The molecule has 9 heteroatoms. The number of alkyl halides is 3. The molecule has 1 aromatic carbocycles. The van der Waals surface area contributed by atoms with Crippen molar-refractivity contribution in [1.29, 1.82) is 5.26 Å². The molecule has 2 rings (SSSR count). The maximum absolute atomic E-state index is 12.4. The van der Waals surface area contributed by atoms with Gasteiger partial charge in [-0.1, -0.05) is 15.9 Å². The third-order valence-electron chi connectivity index (χ3n) is 2.54. The highest BCUT2D eigenvalue weighted by atomic mass is 79.9. The van der Waals surface area contributed by atoms with Crippen molar-refractivity contribution in [2.75, 3.05) is 5.32 Å². The van der Waals surface area contributed by atoms with Crippen LogP contribution in [0.2, 0.25) is 0 Å². The van der Waals surface area contributed by atoms with Crippen LogP contribution in [0.25, 0.3) is 0 Å². The lowest BCUT2D eigenvalue weighted by Gasteiger charge is -2.14. The van der Waals surface area contributed by atoms with Gasteiger partial charge in [0.1, 0.15) is 11.8 Å². The number of carbonyl (C=O) groups excluding carboxylic acids is 1. The summed E-state index contributed by atoms with van der Waals surface area (Å²) in [4.78, 5) is 15.8. The Morgan fingerprint density at radius 3 is 2.61 bits per heavy atom. The lowest BCUT2D eigenvalue weighted by molar-refractivity contribution is -0.274. The molecule has 0 aliphatic rings. The van der Waals surface area contributed by atoms with Gasteiger partial charge in [-0.25, -0.2) is 4.98 Å². The summed E-state index contributed by atoms with van der Waals surface area (Å²) in [6.45, 7) is 0. The van der Waals surface area contributed by atoms with Crippen LogP contribution in [0.15, 0.2) is 41.0 Å². The standard InChI is InChI=1S/C14H7BrF3N3O2/c15-9-2-4-10(12(5-9)23-14(16,17)18)21-13(22)11-3-1-8(6-19)7-20-11/h1-5,7H,(H,21,22). The number of pyridine rings is 1. The Bertz CT molecular complexity index is 770. The third kappa shape index (κ3) is 4.69. The van der Waals surface area contributed by atoms with Gasteiger partial charge in [-0.05, 0) is 30.3 Å². The quantitative estimate of drug-likeness (QED) is 0.869. The van der Waals surface area contributed by atoms with E-state index in [0.29, 0.717) is 4.47 Å². The zero-order valence-corrected chi connectivity index (χ0v) is 12.8. The van der Waals surface area contributed by atoms with E-state index in [1.807, 2.05) is 6.07 Å². The molecule has 5 nitrogen and oxygen atoms in total. The number of rotatable bonds is 3. The first-order valence-electron chi connectivity index (χ1n) is 6.01. The first-order valence-corrected chi connectivity index (χ1v) is 6.80. The second-order valence-electron chi connectivity index (χ2n) is 4.19. The molecule has 0 saturated heterocycles. The van der Waals surface area contributed by atoms with Crippen molar-refractivity contribution >= 4 is 27.5 Å². The first-order chi connectivity index (χ1) is 10.8. The topological polar surface area (TPSA) is 75.0 Å². The monoisotopic (exact) mass is 385 g/mol. The van der Waals surface area contributed by atoms with E-state index < -0.39 is 18.0 Å². The Kier molecular flexibility index (Phi) is 4.86. The van der Waals surface area contributed by atoms with Gasteiger partial charge in [0.25, 0.3) is 5.91 Å². The van der Waals surface area contributed by atoms with Gasteiger partial charge >= 0.3 is 6.36 Å². The largest absolute Gasteiger partial charge is 0.573 e. The van der Waals surface area contributed by atoms with Crippen LogP contribution in [0, 0.1) is 11.3 Å². The number of nitrogens with one attached hydrogen (secondary N) is 1. The maximum Gasteiger partial charge on any atom is 0.573 e. The number of nitrogens with zero attached hydrogens (tertiary/aromatic N) is 2. The van der Waals surface area contributed by atoms with Crippen LogP contribution < -0.4 is 10.1 Å². The van der Waals surface area contributed by atoms with E-state index in [-0.39, 0.29) is 16.9 Å². The molecule has 0 aliphatic carbocycles. The summed E-state index contributed by atoms with van der Waals surface area (Å²) in [7, 11) is 0. The van der Waals surface area contributed by atoms with E-state index in [1.54, 1.807) is 0 Å². The number of anilines is 1. The van der Waals surface area contributed by atoms with Crippen LogP contribution in [-0.2, 0) is 0 Å². The fraction of sp³-hybridized carbons (Fsp3) is 0.0714. The molecule has 1 aromatic heterocycles. The van der Waals surface area contributed by atoms with E-state index in [4.69, 9.17) is 5.26 Å². The van der Waals surface area contributed by atoms with Crippen molar-refractivity contribution in [3.05, 3.63) is 52.3 Å². The van der Waals surface area contributed by atoms with Gasteiger partial charge in [-0.15, -0.1) is 13.2 Å². The van der Waals surface area contributed by atoms with E-state index in [0.717, 1.165) is 6.07 Å². The van der Waals surface area contributed by atoms with Crippen LogP contribution in [-0.4, -0.2) is 17.3 Å². The second kappa shape index (κ2) is 6.66. The van der Waals surface area contributed by atoms with E-state index >= 15 is 0 Å². The Morgan fingerprint density at radius 1 is 1.30 bits per heavy atom. The van der Waals surface area contributed by atoms with Gasteiger partial charge in [-0.3, -0.25) is 4.79 Å². The van der Waals surface area contributed by atoms with Crippen molar-refractivity contribution < 1.29 is 22.7 Å². The molecule has 0 spiro atoms. The molecule has 0 aliphatic heterocycles. The predicted octanol–water partition coefficient (Wildman–Crippen LogP) is 3.87. The molecule has 0 unspecified atom stereocenters. The first kappa shape index (κ1) is 16.8. The maximum atomic E-state index is 12.4. The summed E-state index contributed by atoms with van der Waals surface area (Å²) in [5.41, 5.74) is 0.0397. The van der Waals surface area contributed by atoms with Gasteiger partial charge < -0.3 is 10.1 Å². The zero-order chi connectivity index (χ0) is 17.0. The average molecular weight is 386 g/mol. The van der Waals surface area contributed by atoms with Gasteiger partial charge in [0.05, 0.1) is 11.3 Å². The number of ether oxygens (including phenoxy) is 1. The highest BCUT2D eigenvalue weighted by molar-refractivity contribution is 9.10. The fourth-order valence-corrected chi connectivity index (χ4v) is 1.93. The number of aromatic nitrogens is 1. The SMILES string of the molecule is N#Cc1ccc(C(=O)Nc2ccc(Br)cc2OC(F)(F)F)nc1. The highest BCUT2D eigenvalue weighted by Gasteiger charge is 2.32. The number of benzene rings is 1. The normalized spacial score (nSPS) is 10.7. The smallest absolute Gasteiger partial charge is 0.404 e. The van der Waals surface area contributed by atoms with E-state index in [1.165, 1.54) is 30.5 Å². The second-order valence-corrected chi connectivity index (χ2v) is 5.10. The zero-order valence-electron chi connectivity index (χ0n) is 11.2. The van der Waals surface area contributed by atoms with Crippen molar-refractivity contribution in [3.63, 3.8) is 0 Å². The minimum absolute atomic E-state index is 0.0510. The summed E-state index contributed by atoms with van der Waals surface area (Å²) in [6.07, 6.45) is -3.71. The molecule has 0 radical (unpaired) electrons. The van der Waals surface area contributed by atoms with Crippen molar-refractivity contribution in [2.45, 2.75) is 6.36 Å². The van der Waals surface area contributed by atoms with Crippen LogP contribution in [0.1, 0.15) is 16.1 Å². The molecule has 0 fully saturated rings. The van der Waals surface area contributed by atoms with Crippen LogP contribution >= 0.6 is 15.9 Å². The molecule has 0 atom stereocenters. The molecule has 1 N–H and O–H groups in total. The third-order valence-corrected chi connectivity index (χ3v) is 3.04. The number of nitriles is 1. The number of hydrogen-bond donors (Lipinski definition) is 1. The summed E-state index contributed by atoms with van der Waals surface area (Å²) in [6, 6.07) is 8.28. The van der Waals surface area contributed by atoms with E-state index in [9.17, 15) is 18.0 Å². The Labute approximate surface area is 136 Å². The summed E-state index contributed by atoms with van der Waals surface area (Å²) < 4.78 is 41.4. The van der Waals surface area contributed by atoms with Crippen LogP contribution in [0.4, 0.5) is 18.9 Å². The molecule has 2 aromatic rings. The number of amides is 1. The van der Waals surface area contributed by atoms with E-state index in [2.05, 4.69) is 31.0 Å². The fourth-order valence-electron chi connectivity index (χ4n) is 1.59. The Hall–Kier alpha value is -2.60. The minimum atomic E-state index is -4.90. The van der Waals surface area contributed by atoms with Crippen molar-refractivity contribution in [1.82, 2.24) is 4.98 Å². The molecule has 1 heterocycles. The lowest BCUT2D eigenvalue weighted by atomic mass is 10.2. The molecule has 0 saturated carbocycles. The minimum Gasteiger partial charge on any atom is -0.404 e. The Balaban J connectivity index is 2.24. The van der Waals surface area contributed by atoms with Crippen molar-refractivity contribution in [3.8, 4) is 11.8 Å².